The molecule has 4 heteroatoms. The van der Waals surface area contributed by atoms with Crippen LogP contribution in [0.2, 0.25) is 5.02 Å². The van der Waals surface area contributed by atoms with E-state index in [1.807, 2.05) is 0 Å². The molecule has 1 aliphatic rings. The quantitative estimate of drug-likeness (QED) is 0.878. The van der Waals surface area contributed by atoms with Gasteiger partial charge in [-0.3, -0.25) is 4.68 Å². The van der Waals surface area contributed by atoms with Gasteiger partial charge in [-0.05, 0) is 44.7 Å². The van der Waals surface area contributed by atoms with Crippen molar-refractivity contribution < 1.29 is 0 Å². The van der Waals surface area contributed by atoms with Gasteiger partial charge in [-0.1, -0.05) is 18.5 Å². The highest BCUT2D eigenvalue weighted by Crippen LogP contribution is 2.22. The Morgan fingerprint density at radius 3 is 3.19 bits per heavy atom. The van der Waals surface area contributed by atoms with Crippen LogP contribution in [-0.4, -0.2) is 22.9 Å². The van der Waals surface area contributed by atoms with E-state index < -0.39 is 0 Å². The molecule has 0 radical (unpaired) electrons. The van der Waals surface area contributed by atoms with Gasteiger partial charge >= 0.3 is 0 Å². The van der Waals surface area contributed by atoms with E-state index in [0.717, 1.165) is 36.9 Å². The zero-order chi connectivity index (χ0) is 11.4. The summed E-state index contributed by atoms with van der Waals surface area (Å²) in [5.74, 6) is 0.721. The van der Waals surface area contributed by atoms with Crippen LogP contribution in [0.3, 0.4) is 0 Å². The Hall–Kier alpha value is -0.540. The van der Waals surface area contributed by atoms with Crippen molar-refractivity contribution in [3.05, 3.63) is 16.9 Å². The number of hydrogen-bond donors (Lipinski definition) is 1. The van der Waals surface area contributed by atoms with Crippen LogP contribution < -0.4 is 5.32 Å². The smallest absolute Gasteiger partial charge is 0.0817 e. The maximum Gasteiger partial charge on any atom is 0.0817 e. The molecule has 0 aromatic carbocycles. The summed E-state index contributed by atoms with van der Waals surface area (Å²) in [5, 5.41) is 8.61. The van der Waals surface area contributed by atoms with Crippen LogP contribution in [0.25, 0.3) is 0 Å². The first-order chi connectivity index (χ1) is 7.81. The van der Waals surface area contributed by atoms with Crippen LogP contribution in [0, 0.1) is 5.92 Å². The van der Waals surface area contributed by atoms with Crippen molar-refractivity contribution in [1.82, 2.24) is 15.1 Å². The van der Waals surface area contributed by atoms with Crippen LogP contribution in [0.1, 0.15) is 31.9 Å². The molecule has 2 rings (SSSR count). The molecule has 0 saturated carbocycles. The van der Waals surface area contributed by atoms with E-state index >= 15 is 0 Å². The minimum Gasteiger partial charge on any atom is -0.316 e. The summed E-state index contributed by atoms with van der Waals surface area (Å²) in [6.45, 7) is 5.43. The van der Waals surface area contributed by atoms with Gasteiger partial charge in [0, 0.05) is 6.54 Å². The van der Waals surface area contributed by atoms with Crippen LogP contribution in [0.15, 0.2) is 6.20 Å². The minimum absolute atomic E-state index is 0.721. The van der Waals surface area contributed by atoms with E-state index in [9.17, 15) is 0 Å². The number of aryl methyl sites for hydroxylation is 1. The van der Waals surface area contributed by atoms with Gasteiger partial charge in [-0.2, -0.15) is 5.10 Å². The zero-order valence-corrected chi connectivity index (χ0v) is 10.6. The first kappa shape index (κ1) is 11.9. The number of piperidine rings is 1. The van der Waals surface area contributed by atoms with Gasteiger partial charge in [0.25, 0.3) is 0 Å². The molecule has 1 atom stereocenters. The fourth-order valence-corrected chi connectivity index (χ4v) is 2.59. The highest BCUT2D eigenvalue weighted by Gasteiger charge is 2.17. The average molecular weight is 242 g/mol. The highest BCUT2D eigenvalue weighted by atomic mass is 35.5. The van der Waals surface area contributed by atoms with Crippen LogP contribution in [0.4, 0.5) is 0 Å². The lowest BCUT2D eigenvalue weighted by atomic mass is 9.94. The van der Waals surface area contributed by atoms with E-state index in [1.165, 1.54) is 25.1 Å². The summed E-state index contributed by atoms with van der Waals surface area (Å²) in [6, 6.07) is 0. The molecule has 1 aliphatic heterocycles. The van der Waals surface area contributed by atoms with Crippen molar-refractivity contribution in [1.29, 1.82) is 0 Å². The Kier molecular flexibility index (Phi) is 4.24. The number of hydrogen-bond acceptors (Lipinski definition) is 2. The topological polar surface area (TPSA) is 29.9 Å². The van der Waals surface area contributed by atoms with E-state index in [-0.39, 0.29) is 0 Å². The summed E-state index contributed by atoms with van der Waals surface area (Å²) >= 11 is 6.20. The number of nitrogens with one attached hydrogen (secondary N) is 1. The molecule has 2 heterocycles. The molecule has 3 nitrogen and oxygen atoms in total. The maximum absolute atomic E-state index is 6.20. The fourth-order valence-electron chi connectivity index (χ4n) is 2.37. The molecule has 0 amide bonds. The predicted octanol–water partition coefficient (Wildman–Crippen LogP) is 2.49. The number of nitrogens with zero attached hydrogens (tertiary/aromatic N) is 2. The maximum atomic E-state index is 6.20. The SMILES string of the molecule is CCCn1ncc(Cl)c1CC1CCCNC1. The van der Waals surface area contributed by atoms with Crippen LogP contribution in [0.5, 0.6) is 0 Å². The molecule has 1 aromatic rings. The number of aromatic nitrogens is 2. The normalized spacial score (nSPS) is 21.2. The van der Waals surface area contributed by atoms with Crippen molar-refractivity contribution in [2.45, 2.75) is 39.2 Å². The zero-order valence-electron chi connectivity index (χ0n) is 9.88. The van der Waals surface area contributed by atoms with Gasteiger partial charge in [0.15, 0.2) is 0 Å². The molecule has 1 N–H and O–H groups in total. The highest BCUT2D eigenvalue weighted by molar-refractivity contribution is 6.31. The summed E-state index contributed by atoms with van der Waals surface area (Å²) in [7, 11) is 0. The molecule has 0 spiro atoms. The third-order valence-electron chi connectivity index (χ3n) is 3.21. The summed E-state index contributed by atoms with van der Waals surface area (Å²) < 4.78 is 2.07. The van der Waals surface area contributed by atoms with Gasteiger partial charge in [0.05, 0.1) is 16.9 Å². The molecule has 0 aliphatic carbocycles. The van der Waals surface area contributed by atoms with Crippen molar-refractivity contribution in [3.63, 3.8) is 0 Å². The lowest BCUT2D eigenvalue weighted by Gasteiger charge is -2.23. The molecule has 1 fully saturated rings. The van der Waals surface area contributed by atoms with Crippen molar-refractivity contribution in [2.24, 2.45) is 5.92 Å². The molecule has 1 saturated heterocycles. The lowest BCUT2D eigenvalue weighted by molar-refractivity contribution is 0.366. The van der Waals surface area contributed by atoms with Crippen LogP contribution in [-0.2, 0) is 13.0 Å². The van der Waals surface area contributed by atoms with E-state index in [2.05, 4.69) is 22.0 Å². The molecular weight excluding hydrogens is 222 g/mol. The van der Waals surface area contributed by atoms with Gasteiger partial charge in [0.2, 0.25) is 0 Å². The van der Waals surface area contributed by atoms with E-state index in [1.54, 1.807) is 6.20 Å². The summed E-state index contributed by atoms with van der Waals surface area (Å²) in [4.78, 5) is 0. The third-order valence-corrected chi connectivity index (χ3v) is 3.53. The second kappa shape index (κ2) is 5.69. The Morgan fingerprint density at radius 1 is 1.62 bits per heavy atom. The van der Waals surface area contributed by atoms with Gasteiger partial charge in [-0.25, -0.2) is 0 Å². The number of rotatable bonds is 4. The Balaban J connectivity index is 2.03. The monoisotopic (exact) mass is 241 g/mol. The second-order valence-corrected chi connectivity index (χ2v) is 4.99. The van der Waals surface area contributed by atoms with Crippen LogP contribution >= 0.6 is 11.6 Å². The Bertz CT molecular complexity index is 329. The van der Waals surface area contributed by atoms with E-state index in [0.29, 0.717) is 0 Å². The van der Waals surface area contributed by atoms with Gasteiger partial charge < -0.3 is 5.32 Å². The largest absolute Gasteiger partial charge is 0.316 e. The standard InChI is InChI=1S/C12H20ClN3/c1-2-6-16-12(11(13)9-15-16)7-10-4-3-5-14-8-10/h9-10,14H,2-8H2,1H3. The second-order valence-electron chi connectivity index (χ2n) is 4.58. The average Bonchev–Trinajstić information content (AvgIpc) is 2.64. The summed E-state index contributed by atoms with van der Waals surface area (Å²) in [6.07, 6.45) is 6.54. The first-order valence-electron chi connectivity index (χ1n) is 6.22. The van der Waals surface area contributed by atoms with Gasteiger partial charge in [0.1, 0.15) is 0 Å². The number of halogens is 1. The molecule has 0 bridgehead atoms. The lowest BCUT2D eigenvalue weighted by Crippen LogP contribution is -2.31. The predicted molar refractivity (Wildman–Crippen MR) is 66.8 cm³/mol. The molecule has 16 heavy (non-hydrogen) atoms. The Morgan fingerprint density at radius 2 is 2.50 bits per heavy atom. The molecular formula is C12H20ClN3. The van der Waals surface area contributed by atoms with Crippen molar-refractivity contribution in [3.8, 4) is 0 Å². The summed E-state index contributed by atoms with van der Waals surface area (Å²) in [5.41, 5.74) is 1.22. The Labute approximate surface area is 102 Å². The molecule has 1 aromatic heterocycles. The van der Waals surface area contributed by atoms with Gasteiger partial charge in [-0.15, -0.1) is 0 Å². The van der Waals surface area contributed by atoms with Crippen molar-refractivity contribution >= 4 is 11.6 Å². The fraction of sp³-hybridized carbons (Fsp3) is 0.750. The van der Waals surface area contributed by atoms with Crippen molar-refractivity contribution in [2.75, 3.05) is 13.1 Å². The van der Waals surface area contributed by atoms with E-state index in [4.69, 9.17) is 11.6 Å². The third kappa shape index (κ3) is 2.77. The molecule has 90 valence electrons. The molecule has 1 unspecified atom stereocenters. The first-order valence-corrected chi connectivity index (χ1v) is 6.60. The minimum atomic E-state index is 0.721.